The van der Waals surface area contributed by atoms with E-state index >= 15 is 0 Å². The van der Waals surface area contributed by atoms with Crippen molar-refractivity contribution in [3.8, 4) is 17.2 Å². The van der Waals surface area contributed by atoms with E-state index in [4.69, 9.17) is 18.9 Å². The van der Waals surface area contributed by atoms with Crippen LogP contribution in [0.3, 0.4) is 0 Å². The fourth-order valence-corrected chi connectivity index (χ4v) is 3.27. The highest BCUT2D eigenvalue weighted by Gasteiger charge is 2.25. The highest BCUT2D eigenvalue weighted by Crippen LogP contribution is 2.31. The molecule has 0 unspecified atom stereocenters. The molecule has 0 aromatic heterocycles. The van der Waals surface area contributed by atoms with E-state index < -0.39 is 16.9 Å². The van der Waals surface area contributed by atoms with Gasteiger partial charge < -0.3 is 18.9 Å². The van der Waals surface area contributed by atoms with Crippen molar-refractivity contribution in [2.75, 3.05) is 13.7 Å². The summed E-state index contributed by atoms with van der Waals surface area (Å²) in [4.78, 5) is 39.4. The van der Waals surface area contributed by atoms with E-state index in [1.807, 2.05) is 0 Å². The van der Waals surface area contributed by atoms with Crippen molar-refractivity contribution in [2.24, 2.45) is 4.99 Å². The van der Waals surface area contributed by atoms with Gasteiger partial charge in [0.15, 0.2) is 17.2 Å². The summed E-state index contributed by atoms with van der Waals surface area (Å²) in [5.41, 5.74) is 1.27. The van der Waals surface area contributed by atoms with Gasteiger partial charge in [0.25, 0.3) is 5.69 Å². The van der Waals surface area contributed by atoms with Crippen molar-refractivity contribution in [1.82, 2.24) is 0 Å². The summed E-state index contributed by atoms with van der Waals surface area (Å²) in [6.07, 6.45) is 1.50. The second kappa shape index (κ2) is 10.5. The molecule has 3 aromatic rings. The van der Waals surface area contributed by atoms with Crippen LogP contribution in [0.1, 0.15) is 28.4 Å². The first-order valence-electron chi connectivity index (χ1n) is 10.8. The largest absolute Gasteiger partial charge is 0.497 e. The number of nitro groups is 1. The molecule has 1 aliphatic heterocycles. The molecule has 0 atom stereocenters. The number of hydrogen-bond donors (Lipinski definition) is 0. The van der Waals surface area contributed by atoms with Gasteiger partial charge in [-0.3, -0.25) is 10.1 Å². The van der Waals surface area contributed by atoms with E-state index in [9.17, 15) is 19.7 Å². The van der Waals surface area contributed by atoms with Crippen molar-refractivity contribution in [2.45, 2.75) is 6.92 Å². The Bertz CT molecular complexity index is 1380. The number of benzene rings is 3. The van der Waals surface area contributed by atoms with Crippen molar-refractivity contribution in [1.29, 1.82) is 0 Å². The number of ether oxygens (including phenoxy) is 4. The normalized spacial score (nSPS) is 13.7. The van der Waals surface area contributed by atoms with Crippen LogP contribution in [-0.4, -0.2) is 36.5 Å². The molecule has 1 heterocycles. The lowest BCUT2D eigenvalue weighted by molar-refractivity contribution is -0.384. The van der Waals surface area contributed by atoms with Crippen LogP contribution < -0.4 is 14.2 Å². The minimum Gasteiger partial charge on any atom is -0.497 e. The minimum atomic E-state index is -0.670. The van der Waals surface area contributed by atoms with E-state index in [1.165, 1.54) is 37.5 Å². The van der Waals surface area contributed by atoms with Gasteiger partial charge in [-0.1, -0.05) is 6.07 Å². The number of rotatable bonds is 8. The van der Waals surface area contributed by atoms with Gasteiger partial charge in [0.1, 0.15) is 5.75 Å². The van der Waals surface area contributed by atoms with Crippen LogP contribution in [0.4, 0.5) is 5.69 Å². The maximum absolute atomic E-state index is 12.6. The standard InChI is InChI=1S/C26H20N2O8/c1-3-34-23-15-16(4-13-22(23)35-25(29)18-7-11-20(33-2)12-8-18)14-21-26(30)36-24(27-21)17-5-9-19(10-6-17)28(31)32/h4-15H,3H2,1-2H3/b21-14+. The Morgan fingerprint density at radius 1 is 1.06 bits per heavy atom. The smallest absolute Gasteiger partial charge is 0.363 e. The number of carbonyl (C=O) groups is 2. The monoisotopic (exact) mass is 488 g/mol. The zero-order chi connectivity index (χ0) is 25.7. The number of aliphatic imine (C=N–C) groups is 1. The fraction of sp³-hybridized carbons (Fsp3) is 0.115. The molecule has 0 radical (unpaired) electrons. The second-order valence-corrected chi connectivity index (χ2v) is 7.40. The third kappa shape index (κ3) is 5.39. The summed E-state index contributed by atoms with van der Waals surface area (Å²) >= 11 is 0. The molecule has 3 aromatic carbocycles. The van der Waals surface area contributed by atoms with Crippen molar-refractivity contribution < 1.29 is 33.5 Å². The molecule has 182 valence electrons. The van der Waals surface area contributed by atoms with Crippen LogP contribution in [0.5, 0.6) is 17.2 Å². The van der Waals surface area contributed by atoms with Gasteiger partial charge in [-0.2, -0.15) is 0 Å². The van der Waals surface area contributed by atoms with Crippen LogP contribution >= 0.6 is 0 Å². The van der Waals surface area contributed by atoms with Gasteiger partial charge in [-0.25, -0.2) is 14.6 Å². The zero-order valence-electron chi connectivity index (χ0n) is 19.3. The summed E-state index contributed by atoms with van der Waals surface area (Å²) < 4.78 is 21.5. The van der Waals surface area contributed by atoms with Gasteiger partial charge >= 0.3 is 11.9 Å². The summed E-state index contributed by atoms with van der Waals surface area (Å²) in [6, 6.07) is 16.8. The van der Waals surface area contributed by atoms with E-state index in [2.05, 4.69) is 4.99 Å². The first-order valence-corrected chi connectivity index (χ1v) is 10.8. The molecule has 0 N–H and O–H groups in total. The molecule has 0 amide bonds. The topological polar surface area (TPSA) is 127 Å². The highest BCUT2D eigenvalue weighted by molar-refractivity contribution is 6.12. The molecule has 4 rings (SSSR count). The van der Waals surface area contributed by atoms with Crippen molar-refractivity contribution in [3.05, 3.63) is 99.2 Å². The van der Waals surface area contributed by atoms with Crippen molar-refractivity contribution in [3.63, 3.8) is 0 Å². The molecular weight excluding hydrogens is 468 g/mol. The van der Waals surface area contributed by atoms with E-state index in [0.717, 1.165) is 0 Å². The molecule has 36 heavy (non-hydrogen) atoms. The number of cyclic esters (lactones) is 1. The predicted octanol–water partition coefficient (Wildman–Crippen LogP) is 4.57. The quantitative estimate of drug-likeness (QED) is 0.148. The number of nitrogens with zero attached hydrogens (tertiary/aromatic N) is 2. The summed E-state index contributed by atoms with van der Waals surface area (Å²) in [5.74, 6) is -0.0683. The third-order valence-electron chi connectivity index (χ3n) is 5.04. The molecular formula is C26H20N2O8. The number of carbonyl (C=O) groups excluding carboxylic acids is 2. The fourth-order valence-electron chi connectivity index (χ4n) is 3.27. The van der Waals surface area contributed by atoms with Gasteiger partial charge in [-0.15, -0.1) is 0 Å². The van der Waals surface area contributed by atoms with Crippen molar-refractivity contribution >= 4 is 29.6 Å². The maximum atomic E-state index is 12.6. The lowest BCUT2D eigenvalue weighted by Crippen LogP contribution is -2.09. The second-order valence-electron chi connectivity index (χ2n) is 7.40. The Morgan fingerprint density at radius 3 is 2.42 bits per heavy atom. The van der Waals surface area contributed by atoms with Gasteiger partial charge in [-0.05, 0) is 67.1 Å². The average molecular weight is 488 g/mol. The van der Waals surface area contributed by atoms with Crippen LogP contribution in [0, 0.1) is 10.1 Å². The summed E-state index contributed by atoms with van der Waals surface area (Å²) in [6.45, 7) is 2.10. The van der Waals surface area contributed by atoms with E-state index in [-0.39, 0.29) is 23.0 Å². The van der Waals surface area contributed by atoms with E-state index in [0.29, 0.717) is 34.8 Å². The third-order valence-corrected chi connectivity index (χ3v) is 5.04. The molecule has 0 aliphatic carbocycles. The summed E-state index contributed by atoms with van der Waals surface area (Å²) in [5, 5.41) is 10.8. The first kappa shape index (κ1) is 24.1. The predicted molar refractivity (Wildman–Crippen MR) is 129 cm³/mol. The number of methoxy groups -OCH3 is 1. The number of esters is 2. The molecule has 10 heteroatoms. The van der Waals surface area contributed by atoms with Gasteiger partial charge in [0.2, 0.25) is 5.90 Å². The van der Waals surface area contributed by atoms with Gasteiger partial charge in [0, 0.05) is 17.7 Å². The average Bonchev–Trinajstić information content (AvgIpc) is 3.25. The van der Waals surface area contributed by atoms with Crippen LogP contribution in [0.2, 0.25) is 0 Å². The molecule has 10 nitrogen and oxygen atoms in total. The minimum absolute atomic E-state index is 0.0359. The maximum Gasteiger partial charge on any atom is 0.363 e. The highest BCUT2D eigenvalue weighted by atomic mass is 16.6. The molecule has 0 saturated heterocycles. The van der Waals surface area contributed by atoms with Crippen LogP contribution in [0.15, 0.2) is 77.4 Å². The lowest BCUT2D eigenvalue weighted by atomic mass is 10.1. The lowest BCUT2D eigenvalue weighted by Gasteiger charge is -2.11. The zero-order valence-corrected chi connectivity index (χ0v) is 19.3. The first-order chi connectivity index (χ1) is 17.4. The van der Waals surface area contributed by atoms with Gasteiger partial charge in [0.05, 0.1) is 24.2 Å². The molecule has 1 aliphatic rings. The number of hydrogen-bond acceptors (Lipinski definition) is 9. The van der Waals surface area contributed by atoms with Crippen LogP contribution in [-0.2, 0) is 9.53 Å². The Balaban J connectivity index is 1.56. The molecule has 0 bridgehead atoms. The number of non-ortho nitro benzene ring substituents is 1. The molecule has 0 spiro atoms. The Kier molecular flexibility index (Phi) is 7.05. The Labute approximate surface area is 205 Å². The summed E-state index contributed by atoms with van der Waals surface area (Å²) in [7, 11) is 1.53. The van der Waals surface area contributed by atoms with E-state index in [1.54, 1.807) is 49.4 Å². The number of nitro benzene ring substituents is 1. The SMILES string of the molecule is CCOc1cc(/C=C2/N=C(c3ccc([N+](=O)[O-])cc3)OC2=O)ccc1OC(=O)c1ccc(OC)cc1. The Hall–Kier alpha value is -4.99. The molecule has 0 fully saturated rings. The Morgan fingerprint density at radius 2 is 1.78 bits per heavy atom. The molecule has 0 saturated carbocycles. The van der Waals surface area contributed by atoms with Crippen LogP contribution in [0.25, 0.3) is 6.08 Å².